The van der Waals surface area contributed by atoms with Crippen molar-refractivity contribution in [3.63, 3.8) is 0 Å². The molecular formula is C27H30Cl2N2O5S. The second-order valence-corrected chi connectivity index (χ2v) is 11.6. The Morgan fingerprint density at radius 1 is 0.946 bits per heavy atom. The molecule has 1 unspecified atom stereocenters. The Morgan fingerprint density at radius 3 is 2.27 bits per heavy atom. The monoisotopic (exact) mass is 564 g/mol. The number of para-hydroxylation sites is 1. The lowest BCUT2D eigenvalue weighted by atomic mass is 10.1. The summed E-state index contributed by atoms with van der Waals surface area (Å²) in [7, 11) is -2.40. The maximum Gasteiger partial charge on any atom is 0.208 e. The van der Waals surface area contributed by atoms with Crippen LogP contribution in [0, 0.1) is 6.92 Å². The number of aryl methyl sites for hydroxylation is 1. The van der Waals surface area contributed by atoms with Gasteiger partial charge in [0.05, 0.1) is 21.9 Å². The van der Waals surface area contributed by atoms with Crippen molar-refractivity contribution in [3.8, 4) is 11.5 Å². The van der Waals surface area contributed by atoms with E-state index in [0.29, 0.717) is 12.3 Å². The number of methoxy groups -OCH3 is 1. The van der Waals surface area contributed by atoms with Crippen LogP contribution in [0.2, 0.25) is 10.0 Å². The number of β-amino-alcohol motifs (C(OH)–C–C–N with tert-alkyl or cyclic N) is 1. The van der Waals surface area contributed by atoms with E-state index >= 15 is 0 Å². The highest BCUT2D eigenvalue weighted by atomic mass is 35.5. The number of aliphatic hydroxyl groups is 1. The van der Waals surface area contributed by atoms with Crippen LogP contribution in [0.25, 0.3) is 0 Å². The van der Waals surface area contributed by atoms with Gasteiger partial charge in [-0.2, -0.15) is 0 Å². The van der Waals surface area contributed by atoms with Crippen LogP contribution in [-0.4, -0.2) is 71.0 Å². The lowest BCUT2D eigenvalue weighted by Gasteiger charge is -2.37. The maximum atomic E-state index is 13.1. The predicted octanol–water partition coefficient (Wildman–Crippen LogP) is 4.71. The molecule has 0 spiro atoms. The molecule has 1 saturated heterocycles. The molecule has 0 bridgehead atoms. The second-order valence-electron chi connectivity index (χ2n) is 8.91. The SMILES string of the molecule is COc1ccc(S(=O)(=O)c2ccc(OCC(O)CN3CCN(c4ccccc4C)CC3)c(Cl)c2Cl)cc1. The number of hydrogen-bond acceptors (Lipinski definition) is 7. The highest BCUT2D eigenvalue weighted by molar-refractivity contribution is 7.91. The van der Waals surface area contributed by atoms with Gasteiger partial charge in [0.25, 0.3) is 0 Å². The van der Waals surface area contributed by atoms with Crippen molar-refractivity contribution in [1.82, 2.24) is 4.90 Å². The second kappa shape index (κ2) is 11.9. The van der Waals surface area contributed by atoms with Crippen LogP contribution in [0.15, 0.2) is 70.5 Å². The maximum absolute atomic E-state index is 13.1. The lowest BCUT2D eigenvalue weighted by molar-refractivity contribution is 0.0663. The highest BCUT2D eigenvalue weighted by Gasteiger charge is 2.25. The molecule has 3 aromatic rings. The van der Waals surface area contributed by atoms with E-state index < -0.39 is 15.9 Å². The number of halogens is 2. The number of rotatable bonds is 9. The Morgan fingerprint density at radius 2 is 1.62 bits per heavy atom. The van der Waals surface area contributed by atoms with Crippen LogP contribution in [0.3, 0.4) is 0 Å². The van der Waals surface area contributed by atoms with Gasteiger partial charge < -0.3 is 19.5 Å². The highest BCUT2D eigenvalue weighted by Crippen LogP contribution is 2.39. The van der Waals surface area contributed by atoms with E-state index in [-0.39, 0.29) is 32.2 Å². The fraction of sp³-hybridized carbons (Fsp3) is 0.333. The molecule has 37 heavy (non-hydrogen) atoms. The van der Waals surface area contributed by atoms with E-state index in [1.54, 1.807) is 12.1 Å². The van der Waals surface area contributed by atoms with Gasteiger partial charge in [-0.15, -0.1) is 0 Å². The summed E-state index contributed by atoms with van der Waals surface area (Å²) in [6.45, 7) is 5.98. The topological polar surface area (TPSA) is 79.3 Å². The van der Waals surface area contributed by atoms with Crippen LogP contribution in [0.1, 0.15) is 5.56 Å². The first kappa shape index (κ1) is 27.5. The van der Waals surface area contributed by atoms with Crippen LogP contribution in [0.5, 0.6) is 11.5 Å². The molecule has 0 saturated carbocycles. The largest absolute Gasteiger partial charge is 0.497 e. The van der Waals surface area contributed by atoms with Gasteiger partial charge in [0, 0.05) is 38.4 Å². The summed E-state index contributed by atoms with van der Waals surface area (Å²) in [6.07, 6.45) is -0.748. The predicted molar refractivity (Wildman–Crippen MR) is 146 cm³/mol. The molecule has 1 aliphatic rings. The van der Waals surface area contributed by atoms with E-state index in [0.717, 1.165) is 26.2 Å². The quantitative estimate of drug-likeness (QED) is 0.403. The Bertz CT molecular complexity index is 1330. The number of ether oxygens (including phenoxy) is 2. The van der Waals surface area contributed by atoms with Gasteiger partial charge >= 0.3 is 0 Å². The molecule has 0 amide bonds. The Labute approximate surface area is 228 Å². The summed E-state index contributed by atoms with van der Waals surface area (Å²) >= 11 is 12.7. The first-order chi connectivity index (χ1) is 17.7. The summed E-state index contributed by atoms with van der Waals surface area (Å²) in [5, 5.41) is 10.4. The Kier molecular flexibility index (Phi) is 8.87. The first-order valence-electron chi connectivity index (χ1n) is 11.9. The minimum Gasteiger partial charge on any atom is -0.497 e. The number of anilines is 1. The molecular weight excluding hydrogens is 535 g/mol. The molecule has 1 aliphatic heterocycles. The van der Waals surface area contributed by atoms with Crippen LogP contribution >= 0.6 is 23.2 Å². The average Bonchev–Trinajstić information content (AvgIpc) is 2.90. The van der Waals surface area contributed by atoms with Crippen molar-refractivity contribution in [2.24, 2.45) is 0 Å². The fourth-order valence-electron chi connectivity index (χ4n) is 4.34. The van der Waals surface area contributed by atoms with Crippen molar-refractivity contribution in [2.45, 2.75) is 22.8 Å². The molecule has 10 heteroatoms. The van der Waals surface area contributed by atoms with E-state index in [1.165, 1.54) is 42.6 Å². The summed E-state index contributed by atoms with van der Waals surface area (Å²) in [5.41, 5.74) is 2.50. The Balaban J connectivity index is 1.34. The van der Waals surface area contributed by atoms with Crippen LogP contribution in [-0.2, 0) is 9.84 Å². The van der Waals surface area contributed by atoms with E-state index in [4.69, 9.17) is 32.7 Å². The lowest BCUT2D eigenvalue weighted by Crippen LogP contribution is -2.49. The summed E-state index contributed by atoms with van der Waals surface area (Å²) < 4.78 is 36.9. The molecule has 0 radical (unpaired) electrons. The van der Waals surface area contributed by atoms with Crippen LogP contribution < -0.4 is 14.4 Å². The van der Waals surface area contributed by atoms with Gasteiger partial charge in [-0.3, -0.25) is 4.90 Å². The molecule has 1 heterocycles. The van der Waals surface area contributed by atoms with Crippen molar-refractivity contribution >= 4 is 38.7 Å². The minimum absolute atomic E-state index is 0.00136. The van der Waals surface area contributed by atoms with Gasteiger partial charge in [0.1, 0.15) is 29.2 Å². The molecule has 0 aliphatic carbocycles. The smallest absolute Gasteiger partial charge is 0.208 e. The number of hydrogen-bond donors (Lipinski definition) is 1. The number of aliphatic hydroxyl groups excluding tert-OH is 1. The molecule has 198 valence electrons. The van der Waals surface area contributed by atoms with E-state index in [1.807, 2.05) is 12.1 Å². The third-order valence-electron chi connectivity index (χ3n) is 6.40. The summed E-state index contributed by atoms with van der Waals surface area (Å²) in [6, 6.07) is 17.2. The fourth-order valence-corrected chi connectivity index (χ4v) is 6.41. The van der Waals surface area contributed by atoms with E-state index in [2.05, 4.69) is 28.9 Å². The first-order valence-corrected chi connectivity index (χ1v) is 14.2. The van der Waals surface area contributed by atoms with Gasteiger partial charge in [-0.25, -0.2) is 8.42 Å². The van der Waals surface area contributed by atoms with Crippen molar-refractivity contribution < 1.29 is 23.0 Å². The molecule has 1 N–H and O–H groups in total. The number of sulfone groups is 1. The van der Waals surface area contributed by atoms with E-state index in [9.17, 15) is 13.5 Å². The molecule has 3 aromatic carbocycles. The van der Waals surface area contributed by atoms with Gasteiger partial charge in [0.15, 0.2) is 0 Å². The zero-order valence-corrected chi connectivity index (χ0v) is 23.1. The normalized spacial score (nSPS) is 15.4. The minimum atomic E-state index is -3.90. The molecule has 1 fully saturated rings. The van der Waals surface area contributed by atoms with Crippen molar-refractivity contribution in [1.29, 1.82) is 0 Å². The summed E-state index contributed by atoms with van der Waals surface area (Å²) in [4.78, 5) is 4.50. The van der Waals surface area contributed by atoms with Gasteiger partial charge in [-0.1, -0.05) is 41.4 Å². The van der Waals surface area contributed by atoms with Crippen LogP contribution in [0.4, 0.5) is 5.69 Å². The zero-order valence-electron chi connectivity index (χ0n) is 20.7. The third kappa shape index (κ3) is 6.33. The molecule has 7 nitrogen and oxygen atoms in total. The number of piperazine rings is 1. The average molecular weight is 566 g/mol. The van der Waals surface area contributed by atoms with Crippen molar-refractivity contribution in [2.75, 3.05) is 51.3 Å². The number of nitrogens with zero attached hydrogens (tertiary/aromatic N) is 2. The summed E-state index contributed by atoms with van der Waals surface area (Å²) in [5.74, 6) is 0.752. The molecule has 1 atom stereocenters. The standard InChI is InChI=1S/C27H30Cl2N2O5S/c1-19-5-3-4-6-23(19)31-15-13-30(14-16-31)17-20(32)18-36-24-11-12-25(27(29)26(24)28)37(33,34)22-9-7-21(35-2)8-10-22/h3-12,20,32H,13-18H2,1-2H3. The number of benzene rings is 3. The molecule has 4 rings (SSSR count). The van der Waals surface area contributed by atoms with Gasteiger partial charge in [-0.05, 0) is 55.0 Å². The zero-order chi connectivity index (χ0) is 26.6. The molecule has 0 aromatic heterocycles. The van der Waals surface area contributed by atoms with Gasteiger partial charge in [0.2, 0.25) is 9.84 Å². The third-order valence-corrected chi connectivity index (χ3v) is 9.19. The van der Waals surface area contributed by atoms with Crippen molar-refractivity contribution in [3.05, 3.63) is 76.3 Å². The Hall–Kier alpha value is -2.49.